The van der Waals surface area contributed by atoms with Crippen LogP contribution in [0.5, 0.6) is 0 Å². The second-order valence-electron chi connectivity index (χ2n) is 9.47. The summed E-state index contributed by atoms with van der Waals surface area (Å²) in [6.45, 7) is 12.0. The van der Waals surface area contributed by atoms with Crippen LogP contribution in [0.15, 0.2) is 70.3 Å². The summed E-state index contributed by atoms with van der Waals surface area (Å²) in [6, 6.07) is 19.8. The molecule has 0 spiro atoms. The van der Waals surface area contributed by atoms with E-state index in [1.165, 1.54) is 0 Å². The second-order valence-corrected chi connectivity index (χ2v) is 9.47. The second kappa shape index (κ2) is 11.2. The minimum absolute atomic E-state index is 0.00472. The van der Waals surface area contributed by atoms with E-state index in [1.54, 1.807) is 9.36 Å². The highest BCUT2D eigenvalue weighted by Gasteiger charge is 2.17. The maximum atomic E-state index is 12.4. The van der Waals surface area contributed by atoms with E-state index < -0.39 is 0 Å². The first kappa shape index (κ1) is 26.7. The number of rotatable bonds is 6. The van der Waals surface area contributed by atoms with Gasteiger partial charge in [-0.3, -0.25) is 19.0 Å². The Hall–Kier alpha value is -3.94. The smallest absolute Gasteiger partial charge is 0.295 e. The van der Waals surface area contributed by atoms with Crippen LogP contribution in [-0.2, 0) is 14.1 Å². The summed E-state index contributed by atoms with van der Waals surface area (Å²) >= 11 is 0. The Labute approximate surface area is 212 Å². The number of hydrogen-bond acceptors (Lipinski definition) is 4. The highest BCUT2D eigenvalue weighted by molar-refractivity contribution is 5.50. The molecule has 2 aromatic heterocycles. The Bertz CT molecular complexity index is 1300. The van der Waals surface area contributed by atoms with Crippen molar-refractivity contribution in [1.82, 2.24) is 18.7 Å². The van der Waals surface area contributed by atoms with E-state index in [9.17, 15) is 9.59 Å². The van der Waals surface area contributed by atoms with Gasteiger partial charge in [-0.15, -0.1) is 0 Å². The van der Waals surface area contributed by atoms with Crippen LogP contribution >= 0.6 is 0 Å². The minimum atomic E-state index is -0.00472. The van der Waals surface area contributed by atoms with Gasteiger partial charge < -0.3 is 10.6 Å². The van der Waals surface area contributed by atoms with Crippen LogP contribution in [0.4, 0.5) is 11.4 Å². The van der Waals surface area contributed by atoms with Gasteiger partial charge in [-0.05, 0) is 65.8 Å². The van der Waals surface area contributed by atoms with Gasteiger partial charge in [-0.25, -0.2) is 9.36 Å². The molecule has 0 saturated heterocycles. The predicted molar refractivity (Wildman–Crippen MR) is 149 cm³/mol. The average molecular weight is 491 g/mol. The maximum Gasteiger partial charge on any atom is 0.295 e. The maximum absolute atomic E-state index is 12.4. The summed E-state index contributed by atoms with van der Waals surface area (Å²) in [7, 11) is 3.80. The topological polar surface area (TPSA) is 77.9 Å². The molecule has 8 heteroatoms. The molecular formula is C28H38N6O2. The molecule has 8 nitrogen and oxygen atoms in total. The van der Waals surface area contributed by atoms with Crippen molar-refractivity contribution in [3.8, 4) is 11.4 Å². The number of benzene rings is 2. The van der Waals surface area contributed by atoms with Crippen molar-refractivity contribution >= 4 is 11.4 Å². The lowest BCUT2D eigenvalue weighted by molar-refractivity contribution is 0.630. The van der Waals surface area contributed by atoms with Crippen LogP contribution < -0.4 is 21.8 Å². The van der Waals surface area contributed by atoms with Gasteiger partial charge in [-0.2, -0.15) is 0 Å². The van der Waals surface area contributed by atoms with Gasteiger partial charge in [0.15, 0.2) is 0 Å². The van der Waals surface area contributed by atoms with Crippen LogP contribution in [0.3, 0.4) is 0 Å². The van der Waals surface area contributed by atoms with Gasteiger partial charge in [0.25, 0.3) is 11.1 Å². The van der Waals surface area contributed by atoms with Gasteiger partial charge in [-0.1, -0.05) is 36.4 Å². The Kier molecular flexibility index (Phi) is 8.29. The highest BCUT2D eigenvalue weighted by atomic mass is 16.1. The Morgan fingerprint density at radius 2 is 0.889 bits per heavy atom. The fourth-order valence-electron chi connectivity index (χ4n) is 4.05. The zero-order chi connectivity index (χ0) is 26.6. The molecular weight excluding hydrogens is 452 g/mol. The molecule has 0 amide bonds. The van der Waals surface area contributed by atoms with Crippen molar-refractivity contribution in [3.63, 3.8) is 0 Å². The van der Waals surface area contributed by atoms with Crippen molar-refractivity contribution in [2.24, 2.45) is 14.1 Å². The zero-order valence-corrected chi connectivity index (χ0v) is 22.5. The van der Waals surface area contributed by atoms with Gasteiger partial charge in [0.1, 0.15) is 11.4 Å². The third-order valence-electron chi connectivity index (χ3n) is 5.97. The molecule has 192 valence electrons. The van der Waals surface area contributed by atoms with Crippen molar-refractivity contribution in [2.45, 2.75) is 53.6 Å². The first-order valence-electron chi connectivity index (χ1n) is 12.3. The van der Waals surface area contributed by atoms with E-state index in [-0.39, 0.29) is 23.2 Å². The summed E-state index contributed by atoms with van der Waals surface area (Å²) in [5.74, 6) is 0. The van der Waals surface area contributed by atoms with Crippen molar-refractivity contribution in [2.75, 3.05) is 10.6 Å². The SMILES string of the molecule is Cc1c(NC(C)C)c(=O)n(-c2ccccc2)n1C.Cc1c(NC(C)C)c(=O)n(-c2ccccc2)n1C. The minimum Gasteiger partial charge on any atom is -0.377 e. The van der Waals surface area contributed by atoms with Gasteiger partial charge in [0.2, 0.25) is 0 Å². The molecule has 0 radical (unpaired) electrons. The van der Waals surface area contributed by atoms with E-state index in [2.05, 4.69) is 10.6 Å². The first-order chi connectivity index (χ1) is 17.0. The molecule has 0 atom stereocenters. The molecule has 2 heterocycles. The van der Waals surface area contributed by atoms with Crippen molar-refractivity contribution in [1.29, 1.82) is 0 Å². The quantitative estimate of drug-likeness (QED) is 0.414. The Balaban J connectivity index is 0.000000201. The van der Waals surface area contributed by atoms with E-state index in [0.29, 0.717) is 11.4 Å². The number of para-hydroxylation sites is 2. The summed E-state index contributed by atoms with van der Waals surface area (Å²) in [6.07, 6.45) is 0. The molecule has 0 aliphatic rings. The fraction of sp³-hybridized carbons (Fsp3) is 0.357. The molecule has 4 rings (SSSR count). The Morgan fingerprint density at radius 1 is 0.583 bits per heavy atom. The van der Waals surface area contributed by atoms with E-state index in [4.69, 9.17) is 0 Å². The van der Waals surface area contributed by atoms with Gasteiger partial charge in [0.05, 0.1) is 22.8 Å². The average Bonchev–Trinajstić information content (AvgIpc) is 3.18. The lowest BCUT2D eigenvalue weighted by Gasteiger charge is -2.08. The summed E-state index contributed by atoms with van der Waals surface area (Å²) in [4.78, 5) is 24.9. The molecule has 36 heavy (non-hydrogen) atoms. The number of anilines is 2. The van der Waals surface area contributed by atoms with Crippen LogP contribution in [0, 0.1) is 13.8 Å². The fourth-order valence-corrected chi connectivity index (χ4v) is 4.05. The normalized spacial score (nSPS) is 10.9. The number of nitrogens with one attached hydrogen (secondary N) is 2. The summed E-state index contributed by atoms with van der Waals surface area (Å²) < 4.78 is 7.12. The molecule has 0 aliphatic heterocycles. The van der Waals surface area contributed by atoms with Gasteiger partial charge >= 0.3 is 0 Å². The molecule has 0 unspecified atom stereocenters. The standard InChI is InChI=1S/2C14H19N3O/c2*1-10(2)15-13-11(3)16(4)17(14(13)18)12-8-6-5-7-9-12/h2*5-10,15H,1-4H3. The van der Waals surface area contributed by atoms with Crippen LogP contribution in [0.25, 0.3) is 11.4 Å². The lowest BCUT2D eigenvalue weighted by atomic mass is 10.3. The highest BCUT2D eigenvalue weighted by Crippen LogP contribution is 2.15. The molecule has 2 N–H and O–H groups in total. The first-order valence-corrected chi connectivity index (χ1v) is 12.3. The third-order valence-corrected chi connectivity index (χ3v) is 5.97. The molecule has 0 fully saturated rings. The monoisotopic (exact) mass is 490 g/mol. The molecule has 2 aromatic carbocycles. The number of nitrogens with zero attached hydrogens (tertiary/aromatic N) is 4. The van der Waals surface area contributed by atoms with Gasteiger partial charge in [0, 0.05) is 26.2 Å². The van der Waals surface area contributed by atoms with E-state index in [1.807, 2.05) is 126 Å². The van der Waals surface area contributed by atoms with Crippen LogP contribution in [0.1, 0.15) is 39.1 Å². The Morgan fingerprint density at radius 3 is 1.17 bits per heavy atom. The van der Waals surface area contributed by atoms with Crippen LogP contribution in [-0.4, -0.2) is 30.8 Å². The zero-order valence-electron chi connectivity index (χ0n) is 22.5. The third kappa shape index (κ3) is 5.48. The molecule has 4 aromatic rings. The summed E-state index contributed by atoms with van der Waals surface area (Å²) in [5, 5.41) is 6.44. The lowest BCUT2D eigenvalue weighted by Crippen LogP contribution is -2.22. The molecule has 0 aliphatic carbocycles. The number of hydrogen-bond donors (Lipinski definition) is 2. The van der Waals surface area contributed by atoms with E-state index >= 15 is 0 Å². The largest absolute Gasteiger partial charge is 0.377 e. The van der Waals surface area contributed by atoms with E-state index in [0.717, 1.165) is 22.8 Å². The van der Waals surface area contributed by atoms with Crippen LogP contribution in [0.2, 0.25) is 0 Å². The summed E-state index contributed by atoms with van der Waals surface area (Å²) in [5.41, 5.74) is 4.99. The molecule has 0 saturated carbocycles. The molecule has 0 bridgehead atoms. The predicted octanol–water partition coefficient (Wildman–Crippen LogP) is 4.61. The van der Waals surface area contributed by atoms with Crippen molar-refractivity contribution in [3.05, 3.63) is 92.8 Å². The van der Waals surface area contributed by atoms with Crippen molar-refractivity contribution < 1.29 is 0 Å². The number of aromatic nitrogens is 4.